The van der Waals surface area contributed by atoms with Crippen LogP contribution in [-0.2, 0) is 19.1 Å². The molecule has 0 radical (unpaired) electrons. The molecule has 0 aromatic heterocycles. The summed E-state index contributed by atoms with van der Waals surface area (Å²) in [6.07, 6.45) is 0.630. The normalized spacial score (nSPS) is 12.3. The highest BCUT2D eigenvalue weighted by Gasteiger charge is 2.18. The van der Waals surface area contributed by atoms with E-state index in [4.69, 9.17) is 9.47 Å². The molecule has 6 heteroatoms. The van der Waals surface area contributed by atoms with Gasteiger partial charge in [0.15, 0.2) is 0 Å². The van der Waals surface area contributed by atoms with Gasteiger partial charge in [0.1, 0.15) is 4.58 Å². The van der Waals surface area contributed by atoms with Gasteiger partial charge >= 0.3 is 11.9 Å². The van der Waals surface area contributed by atoms with Crippen molar-refractivity contribution in [3.05, 3.63) is 0 Å². The number of rotatable bonds is 7. The second-order valence-corrected chi connectivity index (χ2v) is 5.33. The maximum absolute atomic E-state index is 11.3. The zero-order chi connectivity index (χ0) is 12.6. The Labute approximate surface area is 106 Å². The van der Waals surface area contributed by atoms with Crippen molar-refractivity contribution in [2.45, 2.75) is 37.9 Å². The second-order valence-electron chi connectivity index (χ2n) is 3.37. The largest absolute Gasteiger partial charge is 0.464 e. The molecule has 0 bridgehead atoms. The molecule has 0 saturated carbocycles. The monoisotopic (exact) mass is 266 g/mol. The van der Waals surface area contributed by atoms with E-state index in [1.54, 1.807) is 13.8 Å². The summed E-state index contributed by atoms with van der Waals surface area (Å²) in [5, 5.41) is 0. The fourth-order valence-electron chi connectivity index (χ4n) is 0.786. The number of carbonyl (C=O) groups is 2. The van der Waals surface area contributed by atoms with E-state index in [2.05, 4.69) is 12.6 Å². The van der Waals surface area contributed by atoms with Crippen LogP contribution in [-0.4, -0.2) is 35.0 Å². The molecule has 0 amide bonds. The van der Waals surface area contributed by atoms with Crippen molar-refractivity contribution in [1.29, 1.82) is 0 Å². The summed E-state index contributed by atoms with van der Waals surface area (Å²) in [5.74, 6) is -0.650. The maximum Gasteiger partial charge on any atom is 0.329 e. The summed E-state index contributed by atoms with van der Waals surface area (Å²) < 4.78 is 9.16. The lowest BCUT2D eigenvalue weighted by atomic mass is 10.5. The molecule has 0 N–H and O–H groups in total. The standard InChI is InChI=1S/C10H18O4S2/c1-4-5-13-9(12)10(15)16-6-8(11)14-7(2)3/h7,10,15H,4-6H2,1-3H3. The van der Waals surface area contributed by atoms with Crippen LogP contribution in [0.15, 0.2) is 0 Å². The van der Waals surface area contributed by atoms with Crippen LogP contribution in [0, 0.1) is 0 Å². The van der Waals surface area contributed by atoms with Crippen LogP contribution >= 0.6 is 24.4 Å². The quantitative estimate of drug-likeness (QED) is 0.433. The Morgan fingerprint density at radius 1 is 1.38 bits per heavy atom. The number of hydrogen-bond donors (Lipinski definition) is 1. The van der Waals surface area contributed by atoms with Crippen molar-refractivity contribution in [1.82, 2.24) is 0 Å². The molecule has 0 aliphatic rings. The van der Waals surface area contributed by atoms with Crippen molar-refractivity contribution in [3.63, 3.8) is 0 Å². The molecule has 1 unspecified atom stereocenters. The minimum atomic E-state index is -0.633. The van der Waals surface area contributed by atoms with Crippen LogP contribution in [0.4, 0.5) is 0 Å². The molecule has 0 rings (SSSR count). The van der Waals surface area contributed by atoms with Crippen molar-refractivity contribution >= 4 is 36.3 Å². The highest BCUT2D eigenvalue weighted by Crippen LogP contribution is 2.16. The molecule has 1 atom stereocenters. The van der Waals surface area contributed by atoms with Crippen molar-refractivity contribution in [2.75, 3.05) is 12.4 Å². The van der Waals surface area contributed by atoms with E-state index in [0.29, 0.717) is 6.61 Å². The minimum absolute atomic E-state index is 0.105. The van der Waals surface area contributed by atoms with Crippen molar-refractivity contribution in [2.24, 2.45) is 0 Å². The third kappa shape index (κ3) is 7.87. The second kappa shape index (κ2) is 8.75. The van der Waals surface area contributed by atoms with Gasteiger partial charge < -0.3 is 9.47 Å². The van der Waals surface area contributed by atoms with Crippen LogP contribution in [0.2, 0.25) is 0 Å². The topological polar surface area (TPSA) is 52.6 Å². The van der Waals surface area contributed by atoms with E-state index in [1.165, 1.54) is 0 Å². The Morgan fingerprint density at radius 3 is 2.50 bits per heavy atom. The highest BCUT2D eigenvalue weighted by atomic mass is 32.2. The number of hydrogen-bond acceptors (Lipinski definition) is 6. The molecule has 0 saturated heterocycles. The average molecular weight is 266 g/mol. The SMILES string of the molecule is CCCOC(=O)C(S)SCC(=O)OC(C)C. The first kappa shape index (κ1) is 15.6. The van der Waals surface area contributed by atoms with E-state index < -0.39 is 10.6 Å². The predicted molar refractivity (Wildman–Crippen MR) is 67.7 cm³/mol. The van der Waals surface area contributed by atoms with E-state index in [0.717, 1.165) is 18.2 Å². The lowest BCUT2D eigenvalue weighted by Gasteiger charge is -2.11. The molecule has 0 aliphatic heterocycles. The van der Waals surface area contributed by atoms with Crippen LogP contribution in [0.5, 0.6) is 0 Å². The summed E-state index contributed by atoms with van der Waals surface area (Å²) in [6, 6.07) is 0. The van der Waals surface area contributed by atoms with Gasteiger partial charge in [0.05, 0.1) is 18.5 Å². The van der Waals surface area contributed by atoms with Gasteiger partial charge in [-0.1, -0.05) is 6.92 Å². The third-order valence-electron chi connectivity index (χ3n) is 1.38. The average Bonchev–Trinajstić information content (AvgIpc) is 2.21. The van der Waals surface area contributed by atoms with Gasteiger partial charge in [-0.05, 0) is 20.3 Å². The van der Waals surface area contributed by atoms with Gasteiger partial charge in [-0.3, -0.25) is 4.79 Å². The Bertz CT molecular complexity index is 231. The molecule has 16 heavy (non-hydrogen) atoms. The third-order valence-corrected chi connectivity index (χ3v) is 2.94. The molecule has 0 aromatic rings. The molecule has 0 spiro atoms. The fraction of sp³-hybridized carbons (Fsp3) is 0.800. The van der Waals surface area contributed by atoms with Crippen molar-refractivity contribution < 1.29 is 19.1 Å². The Balaban J connectivity index is 3.75. The smallest absolute Gasteiger partial charge is 0.329 e. The predicted octanol–water partition coefficient (Wildman–Crippen LogP) is 1.88. The molecule has 4 nitrogen and oxygen atoms in total. The summed E-state index contributed by atoms with van der Waals surface area (Å²) in [7, 11) is 0. The fourth-order valence-corrected chi connectivity index (χ4v) is 1.65. The molecular formula is C10H18O4S2. The molecular weight excluding hydrogens is 248 g/mol. The van der Waals surface area contributed by atoms with E-state index in [9.17, 15) is 9.59 Å². The van der Waals surface area contributed by atoms with Gasteiger partial charge in [-0.15, -0.1) is 11.8 Å². The summed E-state index contributed by atoms with van der Waals surface area (Å²) in [6.45, 7) is 5.84. The molecule has 0 aliphatic carbocycles. The summed E-state index contributed by atoms with van der Waals surface area (Å²) >= 11 is 5.14. The Hall–Kier alpha value is -0.360. The minimum Gasteiger partial charge on any atom is -0.464 e. The number of esters is 2. The first-order chi connectivity index (χ1) is 7.47. The lowest BCUT2D eigenvalue weighted by Crippen LogP contribution is -2.19. The zero-order valence-electron chi connectivity index (χ0n) is 9.76. The number of thioether (sulfide) groups is 1. The summed E-state index contributed by atoms with van der Waals surface area (Å²) in [5.41, 5.74) is 0. The lowest BCUT2D eigenvalue weighted by molar-refractivity contribution is -0.144. The first-order valence-corrected chi connectivity index (χ1v) is 6.69. The van der Waals surface area contributed by atoms with Gasteiger partial charge in [0.2, 0.25) is 0 Å². The van der Waals surface area contributed by atoms with Crippen LogP contribution in [0.1, 0.15) is 27.2 Å². The number of ether oxygens (including phenoxy) is 2. The van der Waals surface area contributed by atoms with E-state index in [1.807, 2.05) is 6.92 Å². The molecule has 94 valence electrons. The van der Waals surface area contributed by atoms with Gasteiger partial charge in [-0.25, -0.2) is 4.79 Å². The van der Waals surface area contributed by atoms with Gasteiger partial charge in [0, 0.05) is 0 Å². The first-order valence-electron chi connectivity index (χ1n) is 5.13. The van der Waals surface area contributed by atoms with Crippen LogP contribution in [0.3, 0.4) is 0 Å². The molecule has 0 fully saturated rings. The number of carbonyl (C=O) groups excluding carboxylic acids is 2. The Morgan fingerprint density at radius 2 is 2.00 bits per heavy atom. The Kier molecular flexibility index (Phi) is 8.56. The van der Waals surface area contributed by atoms with Crippen molar-refractivity contribution in [3.8, 4) is 0 Å². The molecule has 0 heterocycles. The van der Waals surface area contributed by atoms with E-state index in [-0.39, 0.29) is 17.8 Å². The maximum atomic E-state index is 11.3. The van der Waals surface area contributed by atoms with Crippen LogP contribution in [0.25, 0.3) is 0 Å². The zero-order valence-corrected chi connectivity index (χ0v) is 11.5. The summed E-state index contributed by atoms with van der Waals surface area (Å²) in [4.78, 5) is 22.4. The molecule has 0 aromatic carbocycles. The number of thiol groups is 1. The van der Waals surface area contributed by atoms with Crippen LogP contribution < -0.4 is 0 Å². The van der Waals surface area contributed by atoms with Gasteiger partial charge in [-0.2, -0.15) is 12.6 Å². The van der Waals surface area contributed by atoms with Gasteiger partial charge in [0.25, 0.3) is 0 Å². The highest BCUT2D eigenvalue weighted by molar-refractivity contribution is 8.11. The van der Waals surface area contributed by atoms with E-state index >= 15 is 0 Å².